The third-order valence-electron chi connectivity index (χ3n) is 6.82. The van der Waals surface area contributed by atoms with Gasteiger partial charge in [-0.05, 0) is 18.2 Å². The standard InChI is InChI=1S/C26H28N4O6/c1-33-19-7-5-6-15-20(34-2)14-18(27-23(15)19)25(32)30-10-8-26(9-11-30)28-17-13-22(36-4)21(35-3)12-16(17)24(31)29-26/h5-7,12-14,28H,8-11H2,1-4H3,(H,29,31). The van der Waals surface area contributed by atoms with Crippen molar-refractivity contribution in [3.63, 3.8) is 0 Å². The third-order valence-corrected chi connectivity index (χ3v) is 6.82. The van der Waals surface area contributed by atoms with Crippen LogP contribution in [0.15, 0.2) is 36.4 Å². The molecule has 10 nitrogen and oxygen atoms in total. The van der Waals surface area contributed by atoms with E-state index in [1.54, 1.807) is 50.5 Å². The number of aromatic nitrogens is 1. The summed E-state index contributed by atoms with van der Waals surface area (Å²) in [6.45, 7) is 0.866. The fourth-order valence-corrected chi connectivity index (χ4v) is 4.88. The van der Waals surface area contributed by atoms with E-state index in [4.69, 9.17) is 18.9 Å². The van der Waals surface area contributed by atoms with Crippen molar-refractivity contribution in [3.8, 4) is 23.0 Å². The van der Waals surface area contributed by atoms with Gasteiger partial charge in [0.05, 0.1) is 39.7 Å². The Hall–Kier alpha value is -4.21. The first-order valence-electron chi connectivity index (χ1n) is 11.6. The summed E-state index contributed by atoms with van der Waals surface area (Å²) in [5.41, 5.74) is 1.33. The zero-order valence-electron chi connectivity index (χ0n) is 20.6. The summed E-state index contributed by atoms with van der Waals surface area (Å²) < 4.78 is 21.7. The van der Waals surface area contributed by atoms with Crippen molar-refractivity contribution in [1.82, 2.24) is 15.2 Å². The van der Waals surface area contributed by atoms with Gasteiger partial charge in [0.25, 0.3) is 11.8 Å². The number of methoxy groups -OCH3 is 4. The van der Waals surface area contributed by atoms with Crippen molar-refractivity contribution >= 4 is 28.4 Å². The van der Waals surface area contributed by atoms with Crippen LogP contribution in [0.5, 0.6) is 23.0 Å². The highest BCUT2D eigenvalue weighted by Crippen LogP contribution is 2.39. The summed E-state index contributed by atoms with van der Waals surface area (Å²) in [6.07, 6.45) is 1.04. The molecule has 36 heavy (non-hydrogen) atoms. The van der Waals surface area contributed by atoms with Gasteiger partial charge in [-0.2, -0.15) is 0 Å². The molecule has 0 unspecified atom stereocenters. The SMILES string of the molecule is COc1cc2c(cc1OC)C(=O)NC1(CCN(C(=O)c3cc(OC)c4cccc(OC)c4n3)CC1)N2. The maximum Gasteiger partial charge on any atom is 0.272 e. The van der Waals surface area contributed by atoms with Crippen LogP contribution in [0.4, 0.5) is 5.69 Å². The molecule has 0 atom stereocenters. The second kappa shape index (κ2) is 9.10. The van der Waals surface area contributed by atoms with Crippen LogP contribution in [-0.4, -0.2) is 68.9 Å². The molecule has 1 saturated heterocycles. The Kier molecular flexibility index (Phi) is 5.95. The van der Waals surface area contributed by atoms with E-state index in [1.807, 2.05) is 12.1 Å². The van der Waals surface area contributed by atoms with Gasteiger partial charge in [0.2, 0.25) is 0 Å². The summed E-state index contributed by atoms with van der Waals surface area (Å²) in [6, 6.07) is 10.6. The largest absolute Gasteiger partial charge is 0.496 e. The lowest BCUT2D eigenvalue weighted by Crippen LogP contribution is -2.62. The van der Waals surface area contributed by atoms with Crippen molar-refractivity contribution in [2.75, 3.05) is 46.8 Å². The van der Waals surface area contributed by atoms with E-state index in [9.17, 15) is 9.59 Å². The van der Waals surface area contributed by atoms with E-state index in [2.05, 4.69) is 15.6 Å². The van der Waals surface area contributed by atoms with Crippen LogP contribution >= 0.6 is 0 Å². The molecule has 0 bridgehead atoms. The molecule has 0 saturated carbocycles. The summed E-state index contributed by atoms with van der Waals surface area (Å²) in [5, 5.41) is 7.33. The predicted molar refractivity (Wildman–Crippen MR) is 133 cm³/mol. The number of hydrogen-bond donors (Lipinski definition) is 2. The number of fused-ring (bicyclic) bond motifs is 2. The number of nitrogens with zero attached hydrogens (tertiary/aromatic N) is 2. The quantitative estimate of drug-likeness (QED) is 0.559. The molecule has 2 aliphatic rings. The molecule has 2 amide bonds. The highest BCUT2D eigenvalue weighted by Gasteiger charge is 2.42. The highest BCUT2D eigenvalue weighted by molar-refractivity contribution is 6.03. The normalized spacial score (nSPS) is 16.1. The van der Waals surface area contributed by atoms with Gasteiger partial charge in [0.15, 0.2) is 11.5 Å². The zero-order chi connectivity index (χ0) is 25.4. The van der Waals surface area contributed by atoms with Crippen LogP contribution in [0.3, 0.4) is 0 Å². The predicted octanol–water partition coefficient (Wildman–Crippen LogP) is 3.06. The Morgan fingerprint density at radius 3 is 2.22 bits per heavy atom. The number of hydrogen-bond acceptors (Lipinski definition) is 8. The molecule has 5 rings (SSSR count). The molecule has 3 heterocycles. The van der Waals surface area contributed by atoms with Crippen LogP contribution in [-0.2, 0) is 0 Å². The number of nitrogens with one attached hydrogen (secondary N) is 2. The van der Waals surface area contributed by atoms with E-state index in [0.717, 1.165) is 5.39 Å². The van der Waals surface area contributed by atoms with Gasteiger partial charge in [-0.1, -0.05) is 6.07 Å². The average molecular weight is 493 g/mol. The van der Waals surface area contributed by atoms with Crippen LogP contribution in [0.2, 0.25) is 0 Å². The Labute approximate surface area is 208 Å². The molecule has 3 aromatic rings. The topological polar surface area (TPSA) is 111 Å². The van der Waals surface area contributed by atoms with Crippen LogP contribution < -0.4 is 29.6 Å². The van der Waals surface area contributed by atoms with Gasteiger partial charge in [-0.25, -0.2) is 4.98 Å². The molecular formula is C26H28N4O6. The third kappa shape index (κ3) is 3.88. The molecule has 1 spiro atoms. The number of rotatable bonds is 5. The average Bonchev–Trinajstić information content (AvgIpc) is 2.91. The van der Waals surface area contributed by atoms with Crippen molar-refractivity contribution in [3.05, 3.63) is 47.7 Å². The monoisotopic (exact) mass is 492 g/mol. The number of carbonyl (C=O) groups is 2. The van der Waals surface area contributed by atoms with E-state index in [0.29, 0.717) is 65.7 Å². The van der Waals surface area contributed by atoms with Gasteiger partial charge >= 0.3 is 0 Å². The molecule has 10 heteroatoms. The first-order valence-corrected chi connectivity index (χ1v) is 11.6. The fourth-order valence-electron chi connectivity index (χ4n) is 4.88. The molecule has 0 aliphatic carbocycles. The second-order valence-electron chi connectivity index (χ2n) is 8.77. The Morgan fingerprint density at radius 1 is 0.889 bits per heavy atom. The summed E-state index contributed by atoms with van der Waals surface area (Å²) in [5.74, 6) is 1.74. The van der Waals surface area contributed by atoms with Crippen molar-refractivity contribution in [2.24, 2.45) is 0 Å². The molecule has 2 aliphatic heterocycles. The minimum absolute atomic E-state index is 0.197. The number of benzene rings is 2. The van der Waals surface area contributed by atoms with Gasteiger partial charge in [0, 0.05) is 43.5 Å². The number of ether oxygens (including phenoxy) is 4. The highest BCUT2D eigenvalue weighted by atomic mass is 16.5. The number of anilines is 1. The number of para-hydroxylation sites is 1. The molecular weight excluding hydrogens is 464 g/mol. The number of likely N-dealkylation sites (tertiary alicyclic amines) is 1. The number of carbonyl (C=O) groups excluding carboxylic acids is 2. The lowest BCUT2D eigenvalue weighted by atomic mass is 9.92. The molecule has 2 aromatic carbocycles. The lowest BCUT2D eigenvalue weighted by Gasteiger charge is -2.45. The van der Waals surface area contributed by atoms with Crippen LogP contribution in [0.1, 0.15) is 33.7 Å². The zero-order valence-corrected chi connectivity index (χ0v) is 20.6. The first kappa shape index (κ1) is 23.5. The Bertz CT molecular complexity index is 1350. The minimum Gasteiger partial charge on any atom is -0.496 e. The maximum absolute atomic E-state index is 13.4. The number of pyridine rings is 1. The summed E-state index contributed by atoms with van der Waals surface area (Å²) >= 11 is 0. The number of piperidine rings is 1. The second-order valence-corrected chi connectivity index (χ2v) is 8.77. The molecule has 1 fully saturated rings. The van der Waals surface area contributed by atoms with E-state index >= 15 is 0 Å². The lowest BCUT2D eigenvalue weighted by molar-refractivity contribution is 0.0634. The molecule has 188 valence electrons. The van der Waals surface area contributed by atoms with E-state index in [1.165, 1.54) is 7.11 Å². The molecule has 2 N–H and O–H groups in total. The van der Waals surface area contributed by atoms with Crippen LogP contribution in [0.25, 0.3) is 10.9 Å². The summed E-state index contributed by atoms with van der Waals surface area (Å²) in [4.78, 5) is 32.7. The van der Waals surface area contributed by atoms with E-state index in [-0.39, 0.29) is 17.5 Å². The van der Waals surface area contributed by atoms with Crippen molar-refractivity contribution < 1.29 is 28.5 Å². The Morgan fingerprint density at radius 2 is 1.56 bits per heavy atom. The smallest absolute Gasteiger partial charge is 0.272 e. The minimum atomic E-state index is -0.668. The fraction of sp³-hybridized carbons (Fsp3) is 0.346. The van der Waals surface area contributed by atoms with Gasteiger partial charge in [0.1, 0.15) is 28.4 Å². The molecule has 1 aromatic heterocycles. The van der Waals surface area contributed by atoms with Crippen molar-refractivity contribution in [2.45, 2.75) is 18.5 Å². The Balaban J connectivity index is 1.37. The van der Waals surface area contributed by atoms with E-state index < -0.39 is 5.66 Å². The van der Waals surface area contributed by atoms with Gasteiger partial charge in [-0.3, -0.25) is 9.59 Å². The first-order chi connectivity index (χ1) is 17.4. The van der Waals surface area contributed by atoms with Gasteiger partial charge in [-0.15, -0.1) is 0 Å². The van der Waals surface area contributed by atoms with Crippen molar-refractivity contribution in [1.29, 1.82) is 0 Å². The maximum atomic E-state index is 13.4. The van der Waals surface area contributed by atoms with Crippen LogP contribution in [0, 0.1) is 0 Å². The molecule has 0 radical (unpaired) electrons. The van der Waals surface area contributed by atoms with Gasteiger partial charge < -0.3 is 34.5 Å². The number of amides is 2. The summed E-state index contributed by atoms with van der Waals surface area (Å²) in [7, 11) is 6.21.